The third kappa shape index (κ3) is 3.34. The first-order valence-electron chi connectivity index (χ1n) is 5.92. The molecule has 0 bridgehead atoms. The number of hydrogen-bond acceptors (Lipinski definition) is 3. The number of nitrogens with one attached hydrogen (secondary N) is 1. The Morgan fingerprint density at radius 1 is 1.19 bits per heavy atom. The summed E-state index contributed by atoms with van der Waals surface area (Å²) >= 11 is 5.82. The van der Waals surface area contributed by atoms with Crippen molar-refractivity contribution >= 4 is 33.3 Å². The van der Waals surface area contributed by atoms with E-state index >= 15 is 0 Å². The zero-order chi connectivity index (χ0) is 15.6. The lowest BCUT2D eigenvalue weighted by Crippen LogP contribution is -2.16. The average Bonchev–Trinajstić information content (AvgIpc) is 2.41. The maximum Gasteiger partial charge on any atom is 0.336 e. The van der Waals surface area contributed by atoms with E-state index in [-0.39, 0.29) is 21.0 Å². The van der Waals surface area contributed by atoms with Crippen molar-refractivity contribution in [3.63, 3.8) is 0 Å². The summed E-state index contributed by atoms with van der Waals surface area (Å²) < 4.78 is 27.2. The lowest BCUT2D eigenvalue weighted by atomic mass is 10.1. The summed E-state index contributed by atoms with van der Waals surface area (Å²) in [7, 11) is -3.92. The van der Waals surface area contributed by atoms with Crippen molar-refractivity contribution in [2.75, 3.05) is 4.72 Å². The van der Waals surface area contributed by atoms with Gasteiger partial charge < -0.3 is 5.11 Å². The molecule has 0 radical (unpaired) electrons. The number of anilines is 1. The van der Waals surface area contributed by atoms with Crippen LogP contribution in [0.25, 0.3) is 0 Å². The first-order valence-corrected chi connectivity index (χ1v) is 7.78. The number of rotatable bonds is 4. The highest BCUT2D eigenvalue weighted by Gasteiger charge is 2.22. The molecular formula is C14H12ClNO4S. The first kappa shape index (κ1) is 15.3. The minimum Gasteiger partial charge on any atom is -0.478 e. The monoisotopic (exact) mass is 325 g/mol. The maximum atomic E-state index is 12.4. The van der Waals surface area contributed by atoms with Crippen LogP contribution in [0.5, 0.6) is 0 Å². The van der Waals surface area contributed by atoms with Crippen LogP contribution < -0.4 is 4.72 Å². The summed E-state index contributed by atoms with van der Waals surface area (Å²) in [6, 6.07) is 10.8. The molecule has 2 rings (SSSR count). The Morgan fingerprint density at radius 3 is 2.38 bits per heavy atom. The zero-order valence-corrected chi connectivity index (χ0v) is 12.6. The minimum absolute atomic E-state index is 0.0476. The highest BCUT2D eigenvalue weighted by Crippen LogP contribution is 2.26. The Hall–Kier alpha value is -2.05. The van der Waals surface area contributed by atoms with Crippen LogP contribution in [0.15, 0.2) is 47.4 Å². The Kier molecular flexibility index (Phi) is 4.20. The normalized spacial score (nSPS) is 11.1. The van der Waals surface area contributed by atoms with E-state index in [9.17, 15) is 13.2 Å². The molecule has 0 amide bonds. The lowest BCUT2D eigenvalue weighted by Gasteiger charge is -2.12. The first-order chi connectivity index (χ1) is 9.81. The number of carboxylic acid groups (broad SMARTS) is 1. The number of halogens is 1. The van der Waals surface area contributed by atoms with Gasteiger partial charge in [0.05, 0.1) is 10.5 Å². The number of para-hydroxylation sites is 1. The van der Waals surface area contributed by atoms with Crippen LogP contribution in [0.2, 0.25) is 5.02 Å². The SMILES string of the molecule is Cc1c(C(=O)O)cc(Cl)cc1S(=O)(=O)Nc1ccccc1. The van der Waals surface area contributed by atoms with Gasteiger partial charge in [0.1, 0.15) is 0 Å². The molecule has 2 aromatic rings. The van der Waals surface area contributed by atoms with Gasteiger partial charge in [-0.15, -0.1) is 0 Å². The predicted octanol–water partition coefficient (Wildman–Crippen LogP) is 3.15. The molecular weight excluding hydrogens is 314 g/mol. The molecule has 7 heteroatoms. The van der Waals surface area contributed by atoms with E-state index in [0.717, 1.165) is 0 Å². The molecule has 0 unspecified atom stereocenters. The van der Waals surface area contributed by atoms with Crippen molar-refractivity contribution in [2.45, 2.75) is 11.8 Å². The summed E-state index contributed by atoms with van der Waals surface area (Å²) in [4.78, 5) is 11.0. The molecule has 0 aliphatic heterocycles. The highest BCUT2D eigenvalue weighted by atomic mass is 35.5. The molecule has 2 aromatic carbocycles. The molecule has 2 N–H and O–H groups in total. The molecule has 5 nitrogen and oxygen atoms in total. The van der Waals surface area contributed by atoms with Gasteiger partial charge in [-0.1, -0.05) is 29.8 Å². The van der Waals surface area contributed by atoms with Crippen molar-refractivity contribution in [1.82, 2.24) is 0 Å². The quantitative estimate of drug-likeness (QED) is 0.904. The number of sulfonamides is 1. The Balaban J connectivity index is 2.53. The molecule has 0 aliphatic rings. The van der Waals surface area contributed by atoms with Crippen LogP contribution in [0.3, 0.4) is 0 Å². The van der Waals surface area contributed by atoms with Gasteiger partial charge in [0, 0.05) is 10.7 Å². The van der Waals surface area contributed by atoms with E-state index in [2.05, 4.69) is 4.72 Å². The second kappa shape index (κ2) is 5.75. The number of aromatic carboxylic acids is 1. The van der Waals surface area contributed by atoms with E-state index in [0.29, 0.717) is 5.69 Å². The van der Waals surface area contributed by atoms with E-state index < -0.39 is 16.0 Å². The summed E-state index contributed by atoms with van der Waals surface area (Å²) in [5.74, 6) is -1.23. The fourth-order valence-electron chi connectivity index (χ4n) is 1.87. The number of carbonyl (C=O) groups is 1. The summed E-state index contributed by atoms with van der Waals surface area (Å²) in [6.45, 7) is 1.43. The van der Waals surface area contributed by atoms with Crippen molar-refractivity contribution in [2.24, 2.45) is 0 Å². The molecule has 0 aliphatic carbocycles. The van der Waals surface area contributed by atoms with Gasteiger partial charge in [-0.3, -0.25) is 4.72 Å². The number of benzene rings is 2. The van der Waals surface area contributed by atoms with Crippen molar-refractivity contribution in [1.29, 1.82) is 0 Å². The van der Waals surface area contributed by atoms with Gasteiger partial charge in [-0.2, -0.15) is 0 Å². The van der Waals surface area contributed by atoms with Crippen LogP contribution in [0.4, 0.5) is 5.69 Å². The third-order valence-electron chi connectivity index (χ3n) is 2.87. The van der Waals surface area contributed by atoms with Crippen LogP contribution in [0.1, 0.15) is 15.9 Å². The van der Waals surface area contributed by atoms with Crippen molar-refractivity contribution in [3.8, 4) is 0 Å². The summed E-state index contributed by atoms with van der Waals surface area (Å²) in [5, 5.41) is 9.14. The van der Waals surface area contributed by atoms with E-state index in [1.54, 1.807) is 30.3 Å². The van der Waals surface area contributed by atoms with Crippen LogP contribution in [-0.2, 0) is 10.0 Å². The predicted molar refractivity (Wildman–Crippen MR) is 80.4 cm³/mol. The van der Waals surface area contributed by atoms with E-state index in [4.69, 9.17) is 16.7 Å². The molecule has 0 atom stereocenters. The van der Waals surface area contributed by atoms with Crippen molar-refractivity contribution < 1.29 is 18.3 Å². The Labute approximate surface area is 127 Å². The summed E-state index contributed by atoms with van der Waals surface area (Å²) in [6.07, 6.45) is 0. The Bertz CT molecular complexity index is 788. The van der Waals surface area contributed by atoms with Gasteiger partial charge >= 0.3 is 5.97 Å². The average molecular weight is 326 g/mol. The van der Waals surface area contributed by atoms with Crippen LogP contribution >= 0.6 is 11.6 Å². The van der Waals surface area contributed by atoms with Gasteiger partial charge in [0.25, 0.3) is 10.0 Å². The van der Waals surface area contributed by atoms with Gasteiger partial charge in [-0.05, 0) is 36.8 Å². The fraction of sp³-hybridized carbons (Fsp3) is 0.0714. The third-order valence-corrected chi connectivity index (χ3v) is 4.60. The molecule has 0 heterocycles. The molecule has 0 saturated carbocycles. The van der Waals surface area contributed by atoms with Crippen molar-refractivity contribution in [3.05, 3.63) is 58.6 Å². The molecule has 21 heavy (non-hydrogen) atoms. The largest absolute Gasteiger partial charge is 0.478 e. The van der Waals surface area contributed by atoms with Gasteiger partial charge in [-0.25, -0.2) is 13.2 Å². The topological polar surface area (TPSA) is 83.5 Å². The summed E-state index contributed by atoms with van der Waals surface area (Å²) in [5.41, 5.74) is 0.375. The molecule has 0 spiro atoms. The highest BCUT2D eigenvalue weighted by molar-refractivity contribution is 7.92. The standard InChI is InChI=1S/C14H12ClNO4S/c1-9-12(14(17)18)7-10(15)8-13(9)21(19,20)16-11-5-3-2-4-6-11/h2-8,16H,1H3,(H,17,18). The smallest absolute Gasteiger partial charge is 0.336 e. The van der Waals surface area contributed by atoms with Gasteiger partial charge in [0.15, 0.2) is 0 Å². The van der Waals surface area contributed by atoms with E-state index in [1.165, 1.54) is 19.1 Å². The maximum absolute atomic E-state index is 12.4. The molecule has 0 saturated heterocycles. The molecule has 0 fully saturated rings. The van der Waals surface area contributed by atoms with Crippen LogP contribution in [-0.4, -0.2) is 19.5 Å². The van der Waals surface area contributed by atoms with E-state index in [1.807, 2.05) is 0 Å². The fourth-order valence-corrected chi connectivity index (χ4v) is 3.51. The number of hydrogen-bond donors (Lipinski definition) is 2. The van der Waals surface area contributed by atoms with Crippen LogP contribution in [0, 0.1) is 6.92 Å². The number of carboxylic acids is 1. The second-order valence-electron chi connectivity index (χ2n) is 4.35. The lowest BCUT2D eigenvalue weighted by molar-refractivity contribution is 0.0696. The van der Waals surface area contributed by atoms with Gasteiger partial charge in [0.2, 0.25) is 0 Å². The Morgan fingerprint density at radius 2 is 1.81 bits per heavy atom. The second-order valence-corrected chi connectivity index (χ2v) is 6.44. The minimum atomic E-state index is -3.92. The zero-order valence-electron chi connectivity index (χ0n) is 11.0. The molecule has 110 valence electrons. The molecule has 0 aromatic heterocycles.